The number of nitrogens with zero attached hydrogens (tertiary/aromatic N) is 2. The van der Waals surface area contributed by atoms with Gasteiger partial charge in [0.25, 0.3) is 5.91 Å². The molecular formula is C21H22ClN3O3S2. The Morgan fingerprint density at radius 2 is 1.83 bits per heavy atom. The molecule has 1 aliphatic rings. The van der Waals surface area contributed by atoms with E-state index in [2.05, 4.69) is 17.2 Å². The van der Waals surface area contributed by atoms with Crippen molar-refractivity contribution in [1.29, 1.82) is 0 Å². The van der Waals surface area contributed by atoms with Crippen molar-refractivity contribution in [2.24, 2.45) is 5.92 Å². The highest BCUT2D eigenvalue weighted by Crippen LogP contribution is 2.34. The van der Waals surface area contributed by atoms with Crippen LogP contribution in [-0.4, -0.2) is 36.7 Å². The molecule has 4 rings (SSSR count). The highest BCUT2D eigenvalue weighted by Gasteiger charge is 2.28. The lowest BCUT2D eigenvalue weighted by Gasteiger charge is -2.29. The van der Waals surface area contributed by atoms with E-state index in [1.807, 2.05) is 19.1 Å². The molecule has 1 N–H and O–H groups in total. The van der Waals surface area contributed by atoms with Gasteiger partial charge in [0.2, 0.25) is 10.0 Å². The summed E-state index contributed by atoms with van der Waals surface area (Å²) in [7, 11) is -3.54. The van der Waals surface area contributed by atoms with Gasteiger partial charge in [0.1, 0.15) is 0 Å². The average molecular weight is 464 g/mol. The maximum atomic E-state index is 12.8. The highest BCUT2D eigenvalue weighted by molar-refractivity contribution is 7.89. The van der Waals surface area contributed by atoms with Gasteiger partial charge in [-0.2, -0.15) is 4.31 Å². The van der Waals surface area contributed by atoms with E-state index in [9.17, 15) is 13.2 Å². The third kappa shape index (κ3) is 4.09. The molecule has 158 valence electrons. The lowest BCUT2D eigenvalue weighted by atomic mass is 10.0. The molecule has 3 aromatic rings. The average Bonchev–Trinajstić information content (AvgIpc) is 3.16. The zero-order chi connectivity index (χ0) is 21.5. The number of fused-ring (bicyclic) bond motifs is 1. The predicted octanol–water partition coefficient (Wildman–Crippen LogP) is 4.93. The second-order valence-electron chi connectivity index (χ2n) is 7.63. The molecule has 2 heterocycles. The van der Waals surface area contributed by atoms with Gasteiger partial charge in [-0.15, -0.1) is 0 Å². The van der Waals surface area contributed by atoms with Crippen molar-refractivity contribution in [2.75, 3.05) is 18.4 Å². The van der Waals surface area contributed by atoms with Crippen LogP contribution in [0, 0.1) is 12.8 Å². The quantitative estimate of drug-likeness (QED) is 0.594. The number of halogens is 1. The molecular weight excluding hydrogens is 442 g/mol. The maximum absolute atomic E-state index is 12.8. The number of benzene rings is 2. The van der Waals surface area contributed by atoms with Crippen LogP contribution in [-0.2, 0) is 10.0 Å². The molecule has 30 heavy (non-hydrogen) atoms. The number of sulfonamides is 1. The summed E-state index contributed by atoms with van der Waals surface area (Å²) in [4.78, 5) is 17.3. The first-order valence-corrected chi connectivity index (χ1v) is 12.4. The van der Waals surface area contributed by atoms with Crippen molar-refractivity contribution in [2.45, 2.75) is 31.6 Å². The van der Waals surface area contributed by atoms with Gasteiger partial charge in [-0.25, -0.2) is 13.4 Å². The molecule has 1 saturated heterocycles. The first-order chi connectivity index (χ1) is 14.3. The predicted molar refractivity (Wildman–Crippen MR) is 121 cm³/mol. The Morgan fingerprint density at radius 3 is 2.47 bits per heavy atom. The Hall–Kier alpha value is -2.00. The van der Waals surface area contributed by atoms with Crippen LogP contribution >= 0.6 is 22.9 Å². The minimum Gasteiger partial charge on any atom is -0.298 e. The summed E-state index contributed by atoms with van der Waals surface area (Å²) < 4.78 is 28.0. The van der Waals surface area contributed by atoms with E-state index in [1.165, 1.54) is 39.9 Å². The van der Waals surface area contributed by atoms with Crippen LogP contribution in [0.4, 0.5) is 5.13 Å². The topological polar surface area (TPSA) is 79.4 Å². The lowest BCUT2D eigenvalue weighted by molar-refractivity contribution is 0.102. The molecule has 0 atom stereocenters. The standard InChI is InChI=1S/C21H22ClN3O3S2/c1-13-9-11-25(12-10-13)30(27,28)16-6-4-15(5-7-16)20(26)24-21-23-18-14(2)3-8-17(22)19(18)29-21/h3-8,13H,9-12H2,1-2H3,(H,23,24,26). The van der Waals surface area contributed by atoms with Crippen LogP contribution < -0.4 is 5.32 Å². The van der Waals surface area contributed by atoms with E-state index in [0.29, 0.717) is 34.7 Å². The first-order valence-electron chi connectivity index (χ1n) is 9.73. The number of carbonyl (C=O) groups is 1. The molecule has 0 saturated carbocycles. The molecule has 0 radical (unpaired) electrons. The fourth-order valence-electron chi connectivity index (χ4n) is 3.48. The monoisotopic (exact) mass is 463 g/mol. The molecule has 6 nitrogen and oxygen atoms in total. The third-order valence-electron chi connectivity index (χ3n) is 5.41. The third-order valence-corrected chi connectivity index (χ3v) is 8.76. The summed E-state index contributed by atoms with van der Waals surface area (Å²) in [6.45, 7) is 5.14. The fraction of sp³-hybridized carbons (Fsp3) is 0.333. The molecule has 1 fully saturated rings. The molecule has 0 spiro atoms. The van der Waals surface area contributed by atoms with E-state index in [0.717, 1.165) is 28.6 Å². The van der Waals surface area contributed by atoms with Gasteiger partial charge in [-0.3, -0.25) is 10.1 Å². The van der Waals surface area contributed by atoms with Crippen LogP contribution in [0.25, 0.3) is 10.2 Å². The van der Waals surface area contributed by atoms with Gasteiger partial charge in [0.15, 0.2) is 5.13 Å². The smallest absolute Gasteiger partial charge is 0.257 e. The second kappa shape index (κ2) is 8.26. The number of aryl methyl sites for hydroxylation is 1. The van der Waals surface area contributed by atoms with Crippen molar-refractivity contribution < 1.29 is 13.2 Å². The van der Waals surface area contributed by atoms with Crippen molar-refractivity contribution in [3.63, 3.8) is 0 Å². The van der Waals surface area contributed by atoms with Crippen molar-refractivity contribution in [3.8, 4) is 0 Å². The van der Waals surface area contributed by atoms with Gasteiger partial charge in [0.05, 0.1) is 20.1 Å². The zero-order valence-corrected chi connectivity index (χ0v) is 19.1. The minimum atomic E-state index is -3.54. The SMILES string of the molecule is Cc1ccc(Cl)c2sc(NC(=O)c3ccc(S(=O)(=O)N4CCC(C)CC4)cc3)nc12. The van der Waals surface area contributed by atoms with E-state index < -0.39 is 10.0 Å². The Kier molecular flexibility index (Phi) is 5.85. The largest absolute Gasteiger partial charge is 0.298 e. The Balaban J connectivity index is 1.51. The number of carbonyl (C=O) groups excluding carboxylic acids is 1. The summed E-state index contributed by atoms with van der Waals surface area (Å²) in [6, 6.07) is 9.73. The Morgan fingerprint density at radius 1 is 1.17 bits per heavy atom. The fourth-order valence-corrected chi connectivity index (χ4v) is 6.16. The maximum Gasteiger partial charge on any atom is 0.257 e. The Bertz CT molecular complexity index is 1160. The number of anilines is 1. The van der Waals surface area contributed by atoms with E-state index in [4.69, 9.17) is 11.6 Å². The molecule has 0 unspecified atom stereocenters. The first kappa shape index (κ1) is 21.2. The van der Waals surface area contributed by atoms with Gasteiger partial charge in [-0.05, 0) is 61.6 Å². The molecule has 0 bridgehead atoms. The van der Waals surface area contributed by atoms with Gasteiger partial charge >= 0.3 is 0 Å². The minimum absolute atomic E-state index is 0.205. The van der Waals surface area contributed by atoms with E-state index in [-0.39, 0.29) is 10.8 Å². The van der Waals surface area contributed by atoms with Crippen LogP contribution in [0.5, 0.6) is 0 Å². The summed E-state index contributed by atoms with van der Waals surface area (Å²) in [6.07, 6.45) is 1.73. The van der Waals surface area contributed by atoms with Gasteiger partial charge < -0.3 is 0 Å². The summed E-state index contributed by atoms with van der Waals surface area (Å²) in [5, 5.41) is 3.82. The van der Waals surface area contributed by atoms with Crippen LogP contribution in [0.1, 0.15) is 35.7 Å². The van der Waals surface area contributed by atoms with Crippen molar-refractivity contribution in [3.05, 3.63) is 52.5 Å². The molecule has 1 aromatic heterocycles. The van der Waals surface area contributed by atoms with Crippen LogP contribution in [0.2, 0.25) is 5.02 Å². The number of nitrogens with one attached hydrogen (secondary N) is 1. The number of piperidine rings is 1. The summed E-state index contributed by atoms with van der Waals surface area (Å²) >= 11 is 7.53. The molecule has 9 heteroatoms. The van der Waals surface area contributed by atoms with Crippen LogP contribution in [0.3, 0.4) is 0 Å². The number of aromatic nitrogens is 1. The molecule has 1 amide bonds. The van der Waals surface area contributed by atoms with Gasteiger partial charge in [0, 0.05) is 18.7 Å². The molecule has 2 aromatic carbocycles. The number of rotatable bonds is 4. The lowest BCUT2D eigenvalue weighted by Crippen LogP contribution is -2.37. The number of hydrogen-bond acceptors (Lipinski definition) is 5. The second-order valence-corrected chi connectivity index (χ2v) is 11.0. The number of thiazole rings is 1. The van der Waals surface area contributed by atoms with Crippen LogP contribution in [0.15, 0.2) is 41.3 Å². The summed E-state index contributed by atoms with van der Waals surface area (Å²) in [5.41, 5.74) is 2.11. The summed E-state index contributed by atoms with van der Waals surface area (Å²) in [5.74, 6) is 0.197. The normalized spacial score (nSPS) is 16.1. The van der Waals surface area contributed by atoms with Crippen molar-refractivity contribution >= 4 is 54.2 Å². The van der Waals surface area contributed by atoms with E-state index in [1.54, 1.807) is 0 Å². The molecule has 1 aliphatic heterocycles. The number of hydrogen-bond donors (Lipinski definition) is 1. The molecule has 0 aliphatic carbocycles. The Labute approximate surface area is 184 Å². The van der Waals surface area contributed by atoms with E-state index >= 15 is 0 Å². The van der Waals surface area contributed by atoms with Gasteiger partial charge in [-0.1, -0.05) is 35.9 Å². The number of amides is 1. The van der Waals surface area contributed by atoms with Crippen molar-refractivity contribution in [1.82, 2.24) is 9.29 Å². The highest BCUT2D eigenvalue weighted by atomic mass is 35.5. The zero-order valence-electron chi connectivity index (χ0n) is 16.7.